The minimum Gasteiger partial charge on any atom is -0.377 e. The predicted octanol–water partition coefficient (Wildman–Crippen LogP) is 3.71. The molecule has 0 unspecified atom stereocenters. The van der Waals surface area contributed by atoms with Gasteiger partial charge in [0.15, 0.2) is 0 Å². The maximum Gasteiger partial charge on any atom is 0.262 e. The number of hydrogen-bond acceptors (Lipinski definition) is 6. The fourth-order valence-electron chi connectivity index (χ4n) is 2.98. The van der Waals surface area contributed by atoms with E-state index in [0.29, 0.717) is 22.1 Å². The lowest BCUT2D eigenvalue weighted by molar-refractivity contribution is 0.602. The van der Waals surface area contributed by atoms with Gasteiger partial charge in [0.25, 0.3) is 10.0 Å². The molecule has 0 saturated carbocycles. The van der Waals surface area contributed by atoms with Crippen LogP contribution in [0.3, 0.4) is 0 Å². The molecule has 0 bridgehead atoms. The summed E-state index contributed by atoms with van der Waals surface area (Å²) in [5.41, 5.74) is 2.61. The third-order valence-electron chi connectivity index (χ3n) is 4.16. The molecular formula is C18H16N4O2S2. The maximum atomic E-state index is 13.1. The van der Waals surface area contributed by atoms with E-state index in [9.17, 15) is 8.42 Å². The van der Waals surface area contributed by atoms with E-state index in [4.69, 9.17) is 0 Å². The molecule has 0 aliphatic rings. The Balaban J connectivity index is 1.86. The van der Waals surface area contributed by atoms with E-state index in [1.807, 2.05) is 43.3 Å². The van der Waals surface area contributed by atoms with Crippen molar-refractivity contribution in [3.8, 4) is 0 Å². The number of hydrogen-bond donors (Lipinski definition) is 1. The molecule has 6 nitrogen and oxygen atoms in total. The number of nitrogens with one attached hydrogen (secondary N) is 1. The van der Waals surface area contributed by atoms with Gasteiger partial charge in [0.1, 0.15) is 11.0 Å². The number of sulfonamides is 1. The zero-order valence-electron chi connectivity index (χ0n) is 14.2. The summed E-state index contributed by atoms with van der Waals surface area (Å²) < 4.78 is 37.2. The largest absolute Gasteiger partial charge is 0.377 e. The molecule has 8 heteroatoms. The van der Waals surface area contributed by atoms with Gasteiger partial charge in [-0.1, -0.05) is 30.3 Å². The van der Waals surface area contributed by atoms with Crippen LogP contribution < -0.4 is 9.62 Å². The molecule has 0 fully saturated rings. The maximum absolute atomic E-state index is 13.1. The van der Waals surface area contributed by atoms with E-state index in [1.165, 1.54) is 0 Å². The highest BCUT2D eigenvalue weighted by Gasteiger charge is 2.20. The van der Waals surface area contributed by atoms with E-state index in [2.05, 4.69) is 13.5 Å². The van der Waals surface area contributed by atoms with Crippen molar-refractivity contribution in [1.29, 1.82) is 0 Å². The zero-order valence-corrected chi connectivity index (χ0v) is 15.8. The number of nitrogens with zero attached hydrogens (tertiary/aromatic N) is 3. The van der Waals surface area contributed by atoms with Gasteiger partial charge < -0.3 is 4.90 Å². The third kappa shape index (κ3) is 2.77. The summed E-state index contributed by atoms with van der Waals surface area (Å²) in [6, 6.07) is 16.2. The fraction of sp³-hybridized carbons (Fsp3) is 0.111. The average Bonchev–Trinajstić information content (AvgIpc) is 3.10. The predicted molar refractivity (Wildman–Crippen MR) is 106 cm³/mol. The van der Waals surface area contributed by atoms with Gasteiger partial charge >= 0.3 is 0 Å². The minimum atomic E-state index is -3.78. The number of rotatable bonds is 4. The van der Waals surface area contributed by atoms with Gasteiger partial charge in [-0.05, 0) is 24.3 Å². The van der Waals surface area contributed by atoms with Gasteiger partial charge in [-0.3, -0.25) is 4.72 Å². The molecule has 0 atom stereocenters. The summed E-state index contributed by atoms with van der Waals surface area (Å²) in [5.74, 6) is 0. The second-order valence-corrected chi connectivity index (χ2v) is 8.25. The van der Waals surface area contributed by atoms with Crippen molar-refractivity contribution in [2.75, 3.05) is 23.7 Å². The van der Waals surface area contributed by atoms with Crippen LogP contribution in [0.4, 0.5) is 11.4 Å². The van der Waals surface area contributed by atoms with Gasteiger partial charge in [-0.25, -0.2) is 8.42 Å². The normalized spacial score (nSPS) is 11.8. The van der Waals surface area contributed by atoms with Crippen LogP contribution in [0, 0.1) is 0 Å². The van der Waals surface area contributed by atoms with Crippen molar-refractivity contribution in [1.82, 2.24) is 8.75 Å². The zero-order chi connectivity index (χ0) is 18.3. The topological polar surface area (TPSA) is 75.2 Å². The third-order valence-corrected chi connectivity index (χ3v) is 6.13. The Hall–Kier alpha value is -2.71. The van der Waals surface area contributed by atoms with Crippen LogP contribution in [0.25, 0.3) is 21.8 Å². The van der Waals surface area contributed by atoms with Crippen LogP contribution in [-0.2, 0) is 10.0 Å². The monoisotopic (exact) mass is 384 g/mol. The molecule has 0 radical (unpaired) electrons. The summed E-state index contributed by atoms with van der Waals surface area (Å²) in [4.78, 5) is 2.20. The van der Waals surface area contributed by atoms with Crippen molar-refractivity contribution >= 4 is 54.9 Å². The number of aromatic nitrogens is 2. The molecule has 3 aromatic carbocycles. The standard InChI is InChI=1S/C18H16N4O2S2/c1-22(2)16-10-3-7-13-12(16)6-4-11-17(13)26(23,24)21-15-9-5-8-14-18(15)20-25-19-14/h3-11,21H,1-2H3. The molecular weight excluding hydrogens is 368 g/mol. The van der Waals surface area contributed by atoms with Crippen LogP contribution in [0.5, 0.6) is 0 Å². The minimum absolute atomic E-state index is 0.235. The Kier molecular flexibility index (Phi) is 4.01. The molecule has 1 aromatic heterocycles. The Labute approximate surface area is 155 Å². The molecule has 26 heavy (non-hydrogen) atoms. The Bertz CT molecular complexity index is 1220. The van der Waals surface area contributed by atoms with Crippen molar-refractivity contribution in [3.05, 3.63) is 54.6 Å². The van der Waals surface area contributed by atoms with E-state index in [1.54, 1.807) is 30.3 Å². The SMILES string of the molecule is CN(C)c1cccc2c(S(=O)(=O)Nc3cccc4nsnc34)cccc12. The lowest BCUT2D eigenvalue weighted by Gasteiger charge is -2.17. The number of anilines is 2. The quantitative estimate of drug-likeness (QED) is 0.580. The molecule has 4 aromatic rings. The second-order valence-electron chi connectivity index (χ2n) is 6.07. The summed E-state index contributed by atoms with van der Waals surface area (Å²) >= 11 is 1.06. The van der Waals surface area contributed by atoms with Crippen molar-refractivity contribution in [2.45, 2.75) is 4.90 Å². The first-order chi connectivity index (χ1) is 12.5. The highest BCUT2D eigenvalue weighted by Crippen LogP contribution is 2.32. The van der Waals surface area contributed by atoms with E-state index in [0.717, 1.165) is 22.8 Å². The molecule has 0 aliphatic carbocycles. The van der Waals surface area contributed by atoms with Gasteiger partial charge in [0.05, 0.1) is 22.3 Å². The summed E-state index contributed by atoms with van der Waals surface area (Å²) in [7, 11) is 0.0859. The molecule has 1 heterocycles. The van der Waals surface area contributed by atoms with E-state index < -0.39 is 10.0 Å². The first-order valence-electron chi connectivity index (χ1n) is 7.90. The smallest absolute Gasteiger partial charge is 0.262 e. The van der Waals surface area contributed by atoms with Crippen molar-refractivity contribution in [2.24, 2.45) is 0 Å². The lowest BCUT2D eigenvalue weighted by atomic mass is 10.1. The molecule has 4 rings (SSSR count). The van der Waals surface area contributed by atoms with Gasteiger partial charge in [-0.15, -0.1) is 0 Å². The fourth-order valence-corrected chi connectivity index (χ4v) is 4.82. The van der Waals surface area contributed by atoms with Gasteiger partial charge in [0, 0.05) is 30.6 Å². The number of fused-ring (bicyclic) bond motifs is 2. The van der Waals surface area contributed by atoms with Crippen LogP contribution in [0.1, 0.15) is 0 Å². The average molecular weight is 384 g/mol. The molecule has 1 N–H and O–H groups in total. The van der Waals surface area contributed by atoms with Crippen molar-refractivity contribution < 1.29 is 8.42 Å². The Morgan fingerprint density at radius 2 is 1.65 bits per heavy atom. The summed E-state index contributed by atoms with van der Waals surface area (Å²) in [6.45, 7) is 0. The summed E-state index contributed by atoms with van der Waals surface area (Å²) in [5, 5.41) is 1.56. The molecule has 0 spiro atoms. The highest BCUT2D eigenvalue weighted by molar-refractivity contribution is 7.93. The first kappa shape index (κ1) is 16.7. The lowest BCUT2D eigenvalue weighted by Crippen LogP contribution is -2.14. The van der Waals surface area contributed by atoms with Crippen LogP contribution in [0.2, 0.25) is 0 Å². The Morgan fingerprint density at radius 1 is 0.923 bits per heavy atom. The second kappa shape index (κ2) is 6.22. The van der Waals surface area contributed by atoms with Crippen molar-refractivity contribution in [3.63, 3.8) is 0 Å². The first-order valence-corrected chi connectivity index (χ1v) is 10.1. The molecule has 132 valence electrons. The van der Waals surface area contributed by atoms with Crippen LogP contribution >= 0.6 is 11.7 Å². The molecule has 0 amide bonds. The summed E-state index contributed by atoms with van der Waals surface area (Å²) in [6.07, 6.45) is 0. The van der Waals surface area contributed by atoms with Gasteiger partial charge in [0.2, 0.25) is 0 Å². The van der Waals surface area contributed by atoms with Crippen LogP contribution in [0.15, 0.2) is 59.5 Å². The number of benzene rings is 3. The van der Waals surface area contributed by atoms with E-state index >= 15 is 0 Å². The highest BCUT2D eigenvalue weighted by atomic mass is 32.2. The molecule has 0 saturated heterocycles. The van der Waals surface area contributed by atoms with E-state index in [-0.39, 0.29) is 4.90 Å². The Morgan fingerprint density at radius 3 is 2.46 bits per heavy atom. The van der Waals surface area contributed by atoms with Crippen LogP contribution in [-0.4, -0.2) is 31.3 Å². The van der Waals surface area contributed by atoms with Gasteiger partial charge in [-0.2, -0.15) is 8.75 Å². The molecule has 0 aliphatic heterocycles.